The number of halogens is 2. The highest BCUT2D eigenvalue weighted by atomic mass is 35.5. The van der Waals surface area contributed by atoms with E-state index in [0.717, 1.165) is 22.6 Å². The zero-order valence-corrected chi connectivity index (χ0v) is 12.1. The number of hydrogen-bond donors (Lipinski definition) is 0. The van der Waals surface area contributed by atoms with Crippen LogP contribution in [0.2, 0.25) is 0 Å². The zero-order chi connectivity index (χ0) is 13.1. The minimum absolute atomic E-state index is 0.225. The maximum atomic E-state index is 13.4. The molecule has 0 aliphatic carbocycles. The van der Waals surface area contributed by atoms with Gasteiger partial charge in [0.2, 0.25) is 0 Å². The van der Waals surface area contributed by atoms with Crippen LogP contribution in [0.5, 0.6) is 0 Å². The summed E-state index contributed by atoms with van der Waals surface area (Å²) in [6.07, 6.45) is 2.77. The average molecular weight is 287 g/mol. The molecule has 1 heterocycles. The van der Waals surface area contributed by atoms with E-state index in [1.54, 1.807) is 23.9 Å². The van der Waals surface area contributed by atoms with Gasteiger partial charge in [0, 0.05) is 24.1 Å². The van der Waals surface area contributed by atoms with E-state index in [4.69, 9.17) is 11.6 Å². The molecule has 98 valence electrons. The first-order valence-corrected chi connectivity index (χ1v) is 7.81. The summed E-state index contributed by atoms with van der Waals surface area (Å²) in [6.45, 7) is 2.13. The first-order valence-electron chi connectivity index (χ1n) is 5.88. The van der Waals surface area contributed by atoms with Gasteiger partial charge in [0.1, 0.15) is 11.6 Å². The largest absolute Gasteiger partial charge is 0.324 e. The van der Waals surface area contributed by atoms with Gasteiger partial charge in [0.05, 0.1) is 11.0 Å². The minimum Gasteiger partial charge on any atom is -0.324 e. The van der Waals surface area contributed by atoms with Gasteiger partial charge in [-0.25, -0.2) is 9.37 Å². The van der Waals surface area contributed by atoms with Gasteiger partial charge in [-0.3, -0.25) is 0 Å². The Morgan fingerprint density at radius 2 is 2.28 bits per heavy atom. The van der Waals surface area contributed by atoms with Crippen molar-refractivity contribution in [3.05, 3.63) is 29.8 Å². The number of aromatic nitrogens is 2. The number of thioether (sulfide) groups is 1. The predicted molar refractivity (Wildman–Crippen MR) is 77.2 cm³/mol. The van der Waals surface area contributed by atoms with Gasteiger partial charge in [0.25, 0.3) is 0 Å². The topological polar surface area (TPSA) is 17.8 Å². The van der Waals surface area contributed by atoms with E-state index in [2.05, 4.69) is 22.7 Å². The summed E-state index contributed by atoms with van der Waals surface area (Å²) in [4.78, 5) is 4.55. The van der Waals surface area contributed by atoms with Gasteiger partial charge in [-0.05, 0) is 31.4 Å². The van der Waals surface area contributed by atoms with Crippen molar-refractivity contribution >= 4 is 34.4 Å². The second-order valence-corrected chi connectivity index (χ2v) is 5.56. The van der Waals surface area contributed by atoms with Crippen LogP contribution in [0.1, 0.15) is 18.8 Å². The van der Waals surface area contributed by atoms with Crippen molar-refractivity contribution in [3.63, 3.8) is 0 Å². The van der Waals surface area contributed by atoms with Crippen LogP contribution in [0.15, 0.2) is 18.2 Å². The molecule has 0 bridgehead atoms. The van der Waals surface area contributed by atoms with Gasteiger partial charge in [-0.2, -0.15) is 11.8 Å². The van der Waals surface area contributed by atoms with Crippen LogP contribution in [0, 0.1) is 5.82 Å². The molecular formula is C13H16ClFN2S. The minimum atomic E-state index is -0.225. The Labute approximate surface area is 116 Å². The van der Waals surface area contributed by atoms with E-state index < -0.39 is 0 Å². The second-order valence-electron chi connectivity index (χ2n) is 4.27. The van der Waals surface area contributed by atoms with Crippen LogP contribution in [0.3, 0.4) is 0 Å². The Bertz CT molecular complexity index is 541. The standard InChI is InChI=1S/C13H16ClFN2S/c1-9(8-18-2)17-12-7-10(15)3-4-11(12)16-13(17)5-6-14/h3-4,7,9H,5-6,8H2,1-2H3. The number of hydrogen-bond acceptors (Lipinski definition) is 2. The third kappa shape index (κ3) is 2.64. The average Bonchev–Trinajstić information content (AvgIpc) is 2.67. The summed E-state index contributed by atoms with van der Waals surface area (Å²) in [5.41, 5.74) is 1.70. The van der Waals surface area contributed by atoms with Crippen LogP contribution in [0.4, 0.5) is 4.39 Å². The molecular weight excluding hydrogens is 271 g/mol. The Balaban J connectivity index is 2.56. The predicted octanol–water partition coefficient (Wildman–Crippen LogP) is 3.88. The van der Waals surface area contributed by atoms with Gasteiger partial charge >= 0.3 is 0 Å². The first-order chi connectivity index (χ1) is 8.67. The van der Waals surface area contributed by atoms with Crippen molar-refractivity contribution in [2.24, 2.45) is 0 Å². The Kier molecular flexibility index (Phi) is 4.51. The molecule has 0 aliphatic rings. The molecule has 1 aromatic carbocycles. The molecule has 18 heavy (non-hydrogen) atoms. The zero-order valence-electron chi connectivity index (χ0n) is 10.5. The number of nitrogens with zero attached hydrogens (tertiary/aromatic N) is 2. The molecule has 0 saturated carbocycles. The van der Waals surface area contributed by atoms with E-state index in [1.165, 1.54) is 6.07 Å². The highest BCUT2D eigenvalue weighted by molar-refractivity contribution is 7.98. The lowest BCUT2D eigenvalue weighted by atomic mass is 10.3. The molecule has 1 unspecified atom stereocenters. The van der Waals surface area contributed by atoms with Crippen molar-refractivity contribution in [2.45, 2.75) is 19.4 Å². The molecule has 2 nitrogen and oxygen atoms in total. The van der Waals surface area contributed by atoms with Crippen molar-refractivity contribution in [3.8, 4) is 0 Å². The van der Waals surface area contributed by atoms with Gasteiger partial charge < -0.3 is 4.57 Å². The summed E-state index contributed by atoms with van der Waals surface area (Å²) in [5, 5.41) is 0. The van der Waals surface area contributed by atoms with E-state index in [0.29, 0.717) is 12.3 Å². The lowest BCUT2D eigenvalue weighted by Gasteiger charge is -2.16. The SMILES string of the molecule is CSCC(C)n1c(CCCl)nc2ccc(F)cc21. The molecule has 0 amide bonds. The molecule has 0 radical (unpaired) electrons. The second kappa shape index (κ2) is 5.93. The van der Waals surface area contributed by atoms with Crippen LogP contribution in [0.25, 0.3) is 11.0 Å². The van der Waals surface area contributed by atoms with E-state index >= 15 is 0 Å². The van der Waals surface area contributed by atoms with E-state index in [9.17, 15) is 4.39 Å². The summed E-state index contributed by atoms with van der Waals surface area (Å²) in [7, 11) is 0. The summed E-state index contributed by atoms with van der Waals surface area (Å²) < 4.78 is 15.5. The molecule has 2 rings (SSSR count). The fraction of sp³-hybridized carbons (Fsp3) is 0.462. The Morgan fingerprint density at radius 3 is 2.94 bits per heavy atom. The first kappa shape index (κ1) is 13.7. The van der Waals surface area contributed by atoms with Gasteiger partial charge in [0.15, 0.2) is 0 Å². The number of aryl methyl sites for hydroxylation is 1. The van der Waals surface area contributed by atoms with Crippen LogP contribution in [-0.4, -0.2) is 27.4 Å². The Hall–Kier alpha value is -0.740. The van der Waals surface area contributed by atoms with Crippen molar-refractivity contribution in [1.82, 2.24) is 9.55 Å². The molecule has 5 heteroatoms. The van der Waals surface area contributed by atoms with Gasteiger partial charge in [-0.1, -0.05) is 0 Å². The maximum Gasteiger partial charge on any atom is 0.125 e. The highest BCUT2D eigenvalue weighted by Crippen LogP contribution is 2.24. The quantitative estimate of drug-likeness (QED) is 0.776. The molecule has 0 N–H and O–H groups in total. The fourth-order valence-electron chi connectivity index (χ4n) is 2.18. The van der Waals surface area contributed by atoms with E-state index in [-0.39, 0.29) is 11.9 Å². The third-order valence-electron chi connectivity index (χ3n) is 2.89. The van der Waals surface area contributed by atoms with Gasteiger partial charge in [-0.15, -0.1) is 11.6 Å². The van der Waals surface area contributed by atoms with Crippen LogP contribution >= 0.6 is 23.4 Å². The van der Waals surface area contributed by atoms with Crippen molar-refractivity contribution < 1.29 is 4.39 Å². The van der Waals surface area contributed by atoms with E-state index in [1.807, 2.05) is 0 Å². The number of fused-ring (bicyclic) bond motifs is 1. The number of imidazole rings is 1. The van der Waals surface area contributed by atoms with Crippen molar-refractivity contribution in [2.75, 3.05) is 17.9 Å². The molecule has 0 saturated heterocycles. The molecule has 0 aliphatic heterocycles. The smallest absolute Gasteiger partial charge is 0.125 e. The number of alkyl halides is 1. The maximum absolute atomic E-state index is 13.4. The summed E-state index contributed by atoms with van der Waals surface area (Å²) in [6, 6.07) is 5.01. The number of rotatable bonds is 5. The lowest BCUT2D eigenvalue weighted by Crippen LogP contribution is -2.12. The molecule has 1 atom stereocenters. The Morgan fingerprint density at radius 1 is 1.50 bits per heavy atom. The normalized spacial score (nSPS) is 13.1. The highest BCUT2D eigenvalue weighted by Gasteiger charge is 2.15. The molecule has 0 spiro atoms. The molecule has 1 aromatic heterocycles. The summed E-state index contributed by atoms with van der Waals surface area (Å²) >= 11 is 7.59. The monoisotopic (exact) mass is 286 g/mol. The third-order valence-corrected chi connectivity index (χ3v) is 3.90. The van der Waals surface area contributed by atoms with Crippen LogP contribution < -0.4 is 0 Å². The fourth-order valence-corrected chi connectivity index (χ4v) is 2.98. The van der Waals surface area contributed by atoms with Crippen LogP contribution in [-0.2, 0) is 6.42 Å². The lowest BCUT2D eigenvalue weighted by molar-refractivity contribution is 0.593. The molecule has 2 aromatic rings. The summed E-state index contributed by atoms with van der Waals surface area (Å²) in [5.74, 6) is 2.21. The molecule has 0 fully saturated rings. The number of benzene rings is 1. The van der Waals surface area contributed by atoms with Crippen molar-refractivity contribution in [1.29, 1.82) is 0 Å².